The molecule has 1 rings (SSSR count). The van der Waals surface area contributed by atoms with Crippen molar-refractivity contribution in [3.8, 4) is 0 Å². The van der Waals surface area contributed by atoms with Crippen LogP contribution in [0.4, 0.5) is 5.69 Å². The van der Waals surface area contributed by atoms with Gasteiger partial charge in [0.2, 0.25) is 0 Å². The van der Waals surface area contributed by atoms with Crippen LogP contribution in [0.1, 0.15) is 30.9 Å². The average molecular weight is 256 g/mol. The van der Waals surface area contributed by atoms with Gasteiger partial charge in [0.25, 0.3) is 0 Å². The first-order chi connectivity index (χ1) is 6.65. The highest BCUT2D eigenvalue weighted by atomic mass is 79.9. The number of halogens is 1. The van der Waals surface area contributed by atoms with Crippen LogP contribution in [-0.2, 0) is 0 Å². The lowest BCUT2D eigenvalue weighted by Gasteiger charge is -2.12. The molecule has 1 aromatic carbocycles. The Morgan fingerprint density at radius 1 is 1.21 bits per heavy atom. The maximum absolute atomic E-state index is 3.50. The molecule has 0 saturated carbocycles. The van der Waals surface area contributed by atoms with Crippen molar-refractivity contribution in [1.82, 2.24) is 0 Å². The van der Waals surface area contributed by atoms with E-state index in [4.69, 9.17) is 0 Å². The molecular formula is C12H18BrN. The van der Waals surface area contributed by atoms with Crippen LogP contribution in [0.3, 0.4) is 0 Å². The first kappa shape index (κ1) is 11.6. The van der Waals surface area contributed by atoms with Crippen LogP contribution in [0.5, 0.6) is 0 Å². The summed E-state index contributed by atoms with van der Waals surface area (Å²) >= 11 is 3.50. The molecule has 2 heteroatoms. The minimum absolute atomic E-state index is 1.07. The number of hydrogen-bond acceptors (Lipinski definition) is 1. The molecule has 0 aliphatic heterocycles. The molecule has 0 bridgehead atoms. The van der Waals surface area contributed by atoms with Crippen molar-refractivity contribution >= 4 is 21.6 Å². The minimum atomic E-state index is 1.07. The molecule has 0 atom stereocenters. The van der Waals surface area contributed by atoms with E-state index in [1.807, 2.05) is 0 Å². The van der Waals surface area contributed by atoms with E-state index in [9.17, 15) is 0 Å². The lowest BCUT2D eigenvalue weighted by atomic mass is 10.1. The largest absolute Gasteiger partial charge is 0.385 e. The van der Waals surface area contributed by atoms with Gasteiger partial charge in [-0.15, -0.1) is 0 Å². The number of hydrogen-bond donors (Lipinski definition) is 1. The summed E-state index contributed by atoms with van der Waals surface area (Å²) in [5, 5.41) is 3.49. The predicted octanol–water partition coefficient (Wildman–Crippen LogP) is 4.28. The van der Waals surface area contributed by atoms with E-state index in [0.717, 1.165) is 11.0 Å². The van der Waals surface area contributed by atoms with Gasteiger partial charge in [0, 0.05) is 16.7 Å². The highest BCUT2D eigenvalue weighted by Gasteiger charge is 2.02. The third-order valence-electron chi connectivity index (χ3n) is 2.33. The Morgan fingerprint density at radius 3 is 2.29 bits per heavy atom. The third-order valence-corrected chi connectivity index (χ3v) is 2.79. The zero-order valence-corrected chi connectivity index (χ0v) is 10.7. The quantitative estimate of drug-likeness (QED) is 0.793. The monoisotopic (exact) mass is 255 g/mol. The molecule has 0 saturated heterocycles. The van der Waals surface area contributed by atoms with E-state index in [2.05, 4.69) is 54.2 Å². The predicted molar refractivity (Wildman–Crippen MR) is 67.0 cm³/mol. The number of rotatable bonds is 4. The molecule has 78 valence electrons. The number of unbranched alkanes of at least 4 members (excludes halogenated alkanes) is 1. The van der Waals surface area contributed by atoms with Crippen molar-refractivity contribution in [3.05, 3.63) is 27.7 Å². The maximum Gasteiger partial charge on any atom is 0.0400 e. The number of nitrogens with one attached hydrogen (secondary N) is 1. The van der Waals surface area contributed by atoms with E-state index in [1.54, 1.807) is 0 Å². The fraction of sp³-hybridized carbons (Fsp3) is 0.500. The maximum atomic E-state index is 3.50. The van der Waals surface area contributed by atoms with Crippen LogP contribution in [0.15, 0.2) is 16.6 Å². The second-order valence-electron chi connectivity index (χ2n) is 3.69. The highest BCUT2D eigenvalue weighted by Crippen LogP contribution is 2.24. The van der Waals surface area contributed by atoms with E-state index >= 15 is 0 Å². The van der Waals surface area contributed by atoms with Crippen molar-refractivity contribution < 1.29 is 0 Å². The van der Waals surface area contributed by atoms with Crippen molar-refractivity contribution in [2.45, 2.75) is 33.6 Å². The summed E-state index contributed by atoms with van der Waals surface area (Å²) in [6.07, 6.45) is 2.47. The van der Waals surface area contributed by atoms with Crippen molar-refractivity contribution in [2.24, 2.45) is 0 Å². The average Bonchev–Trinajstić information content (AvgIpc) is 2.09. The standard InChI is InChI=1S/C12H18BrN/c1-4-5-6-14-12-9(2)7-11(13)8-10(12)3/h7-8,14H,4-6H2,1-3H3. The van der Waals surface area contributed by atoms with E-state index < -0.39 is 0 Å². The molecule has 0 fully saturated rings. The van der Waals surface area contributed by atoms with Gasteiger partial charge in [0.05, 0.1) is 0 Å². The lowest BCUT2D eigenvalue weighted by molar-refractivity contribution is 0.833. The number of benzene rings is 1. The van der Waals surface area contributed by atoms with Crippen LogP contribution >= 0.6 is 15.9 Å². The van der Waals surface area contributed by atoms with Gasteiger partial charge in [0.1, 0.15) is 0 Å². The van der Waals surface area contributed by atoms with Gasteiger partial charge in [-0.1, -0.05) is 29.3 Å². The Balaban J connectivity index is 2.75. The zero-order chi connectivity index (χ0) is 10.6. The summed E-state index contributed by atoms with van der Waals surface area (Å²) in [7, 11) is 0. The van der Waals surface area contributed by atoms with Gasteiger partial charge >= 0.3 is 0 Å². The number of anilines is 1. The zero-order valence-electron chi connectivity index (χ0n) is 9.15. The molecule has 0 spiro atoms. The Labute approximate surface area is 95.0 Å². The van der Waals surface area contributed by atoms with Gasteiger partial charge in [-0.05, 0) is 43.5 Å². The van der Waals surface area contributed by atoms with Crippen molar-refractivity contribution in [3.63, 3.8) is 0 Å². The molecule has 0 amide bonds. The first-order valence-corrected chi connectivity index (χ1v) is 5.95. The second-order valence-corrected chi connectivity index (χ2v) is 4.61. The number of aryl methyl sites for hydroxylation is 2. The summed E-state index contributed by atoms with van der Waals surface area (Å²) in [6, 6.07) is 4.31. The molecule has 0 aliphatic rings. The third kappa shape index (κ3) is 3.02. The smallest absolute Gasteiger partial charge is 0.0400 e. The molecule has 0 radical (unpaired) electrons. The van der Waals surface area contributed by atoms with Crippen molar-refractivity contribution in [1.29, 1.82) is 0 Å². The van der Waals surface area contributed by atoms with E-state index in [1.165, 1.54) is 29.7 Å². The SMILES string of the molecule is CCCCNc1c(C)cc(Br)cc1C. The molecule has 1 aromatic rings. The molecule has 0 heterocycles. The molecule has 0 aliphatic carbocycles. The molecule has 1 N–H and O–H groups in total. The van der Waals surface area contributed by atoms with Crippen LogP contribution in [0.25, 0.3) is 0 Å². The van der Waals surface area contributed by atoms with E-state index in [-0.39, 0.29) is 0 Å². The van der Waals surface area contributed by atoms with Crippen molar-refractivity contribution in [2.75, 3.05) is 11.9 Å². The highest BCUT2D eigenvalue weighted by molar-refractivity contribution is 9.10. The van der Waals surface area contributed by atoms with Gasteiger partial charge in [-0.2, -0.15) is 0 Å². The summed E-state index contributed by atoms with van der Waals surface area (Å²) in [5.74, 6) is 0. The Kier molecular flexibility index (Phi) is 4.46. The summed E-state index contributed by atoms with van der Waals surface area (Å²) in [4.78, 5) is 0. The second kappa shape index (κ2) is 5.40. The van der Waals surface area contributed by atoms with Gasteiger partial charge < -0.3 is 5.32 Å². The fourth-order valence-corrected chi connectivity index (χ4v) is 2.27. The lowest BCUT2D eigenvalue weighted by Crippen LogP contribution is -2.04. The molecular weight excluding hydrogens is 238 g/mol. The summed E-state index contributed by atoms with van der Waals surface area (Å²) < 4.78 is 1.16. The Morgan fingerprint density at radius 2 is 1.79 bits per heavy atom. The first-order valence-electron chi connectivity index (χ1n) is 5.15. The molecule has 1 nitrogen and oxygen atoms in total. The van der Waals surface area contributed by atoms with Crippen LogP contribution < -0.4 is 5.32 Å². The normalized spacial score (nSPS) is 10.3. The topological polar surface area (TPSA) is 12.0 Å². The van der Waals surface area contributed by atoms with Gasteiger partial charge in [0.15, 0.2) is 0 Å². The van der Waals surface area contributed by atoms with Crippen LogP contribution in [0, 0.1) is 13.8 Å². The molecule has 0 aromatic heterocycles. The van der Waals surface area contributed by atoms with Crippen LogP contribution in [-0.4, -0.2) is 6.54 Å². The van der Waals surface area contributed by atoms with Gasteiger partial charge in [-0.25, -0.2) is 0 Å². The van der Waals surface area contributed by atoms with E-state index in [0.29, 0.717) is 0 Å². The summed E-state index contributed by atoms with van der Waals surface area (Å²) in [6.45, 7) is 7.57. The van der Waals surface area contributed by atoms with Gasteiger partial charge in [-0.3, -0.25) is 0 Å². The summed E-state index contributed by atoms with van der Waals surface area (Å²) in [5.41, 5.74) is 3.92. The minimum Gasteiger partial charge on any atom is -0.385 e. The fourth-order valence-electron chi connectivity index (χ4n) is 1.58. The molecule has 14 heavy (non-hydrogen) atoms. The van der Waals surface area contributed by atoms with Crippen LogP contribution in [0.2, 0.25) is 0 Å². The Hall–Kier alpha value is -0.500. The molecule has 0 unspecified atom stereocenters. The Bertz CT molecular complexity index is 284.